The van der Waals surface area contributed by atoms with Crippen LogP contribution < -0.4 is 4.74 Å². The molecule has 2 heterocycles. The van der Waals surface area contributed by atoms with E-state index < -0.39 is 0 Å². The van der Waals surface area contributed by atoms with Crippen LogP contribution in [0, 0.1) is 0 Å². The van der Waals surface area contributed by atoms with Crippen molar-refractivity contribution < 1.29 is 9.47 Å². The van der Waals surface area contributed by atoms with Crippen LogP contribution in [-0.2, 0) is 11.3 Å². The van der Waals surface area contributed by atoms with E-state index in [1.54, 1.807) is 13.3 Å². The van der Waals surface area contributed by atoms with Crippen LogP contribution in [0.5, 0.6) is 5.88 Å². The quantitative estimate of drug-likeness (QED) is 0.702. The first-order valence-corrected chi connectivity index (χ1v) is 7.25. The maximum absolute atomic E-state index is 5.66. The first-order valence-electron chi connectivity index (χ1n) is 7.25. The first kappa shape index (κ1) is 15.2. The fraction of sp³-hybridized carbons (Fsp3) is 0.667. The second-order valence-electron chi connectivity index (χ2n) is 5.28. The molecule has 0 saturated carbocycles. The van der Waals surface area contributed by atoms with Crippen molar-refractivity contribution >= 4 is 0 Å². The molecule has 1 aliphatic heterocycles. The molecule has 1 aliphatic rings. The summed E-state index contributed by atoms with van der Waals surface area (Å²) in [6.07, 6.45) is 2.85. The Morgan fingerprint density at radius 1 is 1.20 bits per heavy atom. The van der Waals surface area contributed by atoms with Gasteiger partial charge in [0, 0.05) is 52.1 Å². The van der Waals surface area contributed by atoms with Crippen LogP contribution in [0.4, 0.5) is 0 Å². The minimum absolute atomic E-state index is 0.594. The Kier molecular flexibility index (Phi) is 6.24. The summed E-state index contributed by atoms with van der Waals surface area (Å²) in [5.74, 6) is 0.697. The topological polar surface area (TPSA) is 37.8 Å². The zero-order valence-electron chi connectivity index (χ0n) is 12.5. The molecule has 0 radical (unpaired) electrons. The van der Waals surface area contributed by atoms with E-state index in [0.717, 1.165) is 25.1 Å². The van der Waals surface area contributed by atoms with Gasteiger partial charge in [0.25, 0.3) is 0 Å². The van der Waals surface area contributed by atoms with Gasteiger partial charge in [-0.2, -0.15) is 0 Å². The van der Waals surface area contributed by atoms with Gasteiger partial charge in [-0.3, -0.25) is 0 Å². The van der Waals surface area contributed by atoms with Crippen molar-refractivity contribution in [1.29, 1.82) is 0 Å². The number of hydrogen-bond acceptors (Lipinski definition) is 5. The molecule has 0 atom stereocenters. The number of methoxy groups -OCH3 is 1. The lowest BCUT2D eigenvalue weighted by molar-refractivity contribution is 0.145. The molecule has 0 aliphatic carbocycles. The summed E-state index contributed by atoms with van der Waals surface area (Å²) < 4.78 is 10.7. The highest BCUT2D eigenvalue weighted by molar-refractivity contribution is 5.17. The molecule has 0 unspecified atom stereocenters. The maximum Gasteiger partial charge on any atom is 0.213 e. The van der Waals surface area contributed by atoms with Gasteiger partial charge in [0.15, 0.2) is 0 Å². The predicted molar refractivity (Wildman–Crippen MR) is 79.0 cm³/mol. The second-order valence-corrected chi connectivity index (χ2v) is 5.28. The third-order valence-corrected chi connectivity index (χ3v) is 3.57. The van der Waals surface area contributed by atoms with Crippen LogP contribution in [0.15, 0.2) is 18.3 Å². The molecule has 112 valence electrons. The number of ether oxygens (including phenoxy) is 2. The Labute approximate surface area is 121 Å². The average Bonchev–Trinajstić information content (AvgIpc) is 2.47. The summed E-state index contributed by atoms with van der Waals surface area (Å²) in [4.78, 5) is 9.14. The molecule has 1 aromatic heterocycles. The van der Waals surface area contributed by atoms with Crippen LogP contribution in [0.3, 0.4) is 0 Å². The van der Waals surface area contributed by atoms with Crippen molar-refractivity contribution in [1.82, 2.24) is 14.8 Å². The molecule has 5 heteroatoms. The van der Waals surface area contributed by atoms with E-state index >= 15 is 0 Å². The molecule has 5 nitrogen and oxygen atoms in total. The number of likely N-dealkylation sites (N-methyl/N-ethyl adjacent to an activating group) is 1. The van der Waals surface area contributed by atoms with Crippen LogP contribution in [0.25, 0.3) is 0 Å². The summed E-state index contributed by atoms with van der Waals surface area (Å²) in [6, 6.07) is 3.90. The first-order chi connectivity index (χ1) is 9.78. The van der Waals surface area contributed by atoms with Gasteiger partial charge in [0.05, 0.1) is 13.2 Å². The van der Waals surface area contributed by atoms with Gasteiger partial charge < -0.3 is 19.3 Å². The molecule has 1 fully saturated rings. The molecular formula is C15H25N3O2. The number of nitrogens with zero attached hydrogens (tertiary/aromatic N) is 3. The minimum Gasteiger partial charge on any atom is -0.478 e. The van der Waals surface area contributed by atoms with Crippen molar-refractivity contribution in [2.75, 3.05) is 53.5 Å². The Hall–Kier alpha value is -1.17. The van der Waals surface area contributed by atoms with Gasteiger partial charge in [0.1, 0.15) is 0 Å². The highest BCUT2D eigenvalue weighted by Crippen LogP contribution is 2.09. The lowest BCUT2D eigenvalue weighted by Crippen LogP contribution is -2.44. The zero-order valence-corrected chi connectivity index (χ0v) is 12.5. The number of pyridine rings is 1. The second kappa shape index (κ2) is 8.19. The SMILES string of the molecule is COCc1ccc(OCCCN2CCN(C)CC2)nc1. The lowest BCUT2D eigenvalue weighted by atomic mass is 10.3. The van der Waals surface area contributed by atoms with E-state index in [2.05, 4.69) is 21.8 Å². The average molecular weight is 279 g/mol. The van der Waals surface area contributed by atoms with E-state index in [9.17, 15) is 0 Å². The molecule has 2 rings (SSSR count). The summed E-state index contributed by atoms with van der Waals surface area (Å²) >= 11 is 0. The normalized spacial score (nSPS) is 17.3. The van der Waals surface area contributed by atoms with Crippen molar-refractivity contribution in [2.45, 2.75) is 13.0 Å². The van der Waals surface area contributed by atoms with Gasteiger partial charge in [-0.25, -0.2) is 4.98 Å². The van der Waals surface area contributed by atoms with Crippen LogP contribution >= 0.6 is 0 Å². The van der Waals surface area contributed by atoms with E-state index in [1.165, 1.54) is 26.2 Å². The maximum atomic E-state index is 5.66. The fourth-order valence-electron chi connectivity index (χ4n) is 2.28. The Bertz CT molecular complexity index is 375. The molecule has 1 aromatic rings. The molecular weight excluding hydrogens is 254 g/mol. The number of piperazine rings is 1. The van der Waals surface area contributed by atoms with E-state index in [1.807, 2.05) is 12.1 Å². The zero-order chi connectivity index (χ0) is 14.2. The summed E-state index contributed by atoms with van der Waals surface area (Å²) in [5.41, 5.74) is 1.07. The molecule has 1 saturated heterocycles. The minimum atomic E-state index is 0.594. The van der Waals surface area contributed by atoms with Crippen molar-refractivity contribution in [3.63, 3.8) is 0 Å². The van der Waals surface area contributed by atoms with Crippen LogP contribution in [-0.4, -0.2) is 68.3 Å². The summed E-state index contributed by atoms with van der Waals surface area (Å²) in [6.45, 7) is 7.10. The van der Waals surface area contributed by atoms with Crippen molar-refractivity contribution in [2.24, 2.45) is 0 Å². The predicted octanol–water partition coefficient (Wildman–Crippen LogP) is 1.24. The molecule has 0 aromatic carbocycles. The van der Waals surface area contributed by atoms with E-state index in [0.29, 0.717) is 12.5 Å². The van der Waals surface area contributed by atoms with Gasteiger partial charge in [0.2, 0.25) is 5.88 Å². The van der Waals surface area contributed by atoms with Crippen LogP contribution in [0.2, 0.25) is 0 Å². The fourth-order valence-corrected chi connectivity index (χ4v) is 2.28. The van der Waals surface area contributed by atoms with Crippen LogP contribution in [0.1, 0.15) is 12.0 Å². The van der Waals surface area contributed by atoms with Gasteiger partial charge >= 0.3 is 0 Å². The molecule has 20 heavy (non-hydrogen) atoms. The monoisotopic (exact) mass is 279 g/mol. The molecule has 0 amide bonds. The lowest BCUT2D eigenvalue weighted by Gasteiger charge is -2.32. The Morgan fingerprint density at radius 3 is 2.65 bits per heavy atom. The largest absolute Gasteiger partial charge is 0.478 e. The van der Waals surface area contributed by atoms with E-state index in [4.69, 9.17) is 9.47 Å². The third-order valence-electron chi connectivity index (χ3n) is 3.57. The number of hydrogen-bond donors (Lipinski definition) is 0. The van der Waals surface area contributed by atoms with Gasteiger partial charge in [-0.1, -0.05) is 0 Å². The summed E-state index contributed by atoms with van der Waals surface area (Å²) in [5, 5.41) is 0. The molecule has 0 bridgehead atoms. The van der Waals surface area contributed by atoms with Gasteiger partial charge in [-0.15, -0.1) is 0 Å². The van der Waals surface area contributed by atoms with E-state index in [-0.39, 0.29) is 0 Å². The number of aromatic nitrogens is 1. The van der Waals surface area contributed by atoms with Gasteiger partial charge in [-0.05, 0) is 25.1 Å². The van der Waals surface area contributed by atoms with Crippen molar-refractivity contribution in [3.8, 4) is 5.88 Å². The summed E-state index contributed by atoms with van der Waals surface area (Å²) in [7, 11) is 3.86. The third kappa shape index (κ3) is 5.07. The highest BCUT2D eigenvalue weighted by atomic mass is 16.5. The smallest absolute Gasteiger partial charge is 0.213 e. The Morgan fingerprint density at radius 2 is 2.00 bits per heavy atom. The standard InChI is InChI=1S/C15H25N3O2/c1-17-7-9-18(10-8-17)6-3-11-20-15-5-4-14(12-16-15)13-19-2/h4-5,12H,3,6-11,13H2,1-2H3. The molecule has 0 N–H and O–H groups in total. The highest BCUT2D eigenvalue weighted by Gasteiger charge is 2.12. The molecule has 0 spiro atoms. The Balaban J connectivity index is 1.60. The van der Waals surface area contributed by atoms with Crippen molar-refractivity contribution in [3.05, 3.63) is 23.9 Å². The number of rotatable bonds is 7.